The van der Waals surface area contributed by atoms with Gasteiger partial charge in [0, 0.05) is 6.61 Å². The minimum atomic E-state index is 0.371. The summed E-state index contributed by atoms with van der Waals surface area (Å²) in [6.07, 6.45) is 9.75. The normalized spacial score (nSPS) is 26.6. The smallest absolute Gasteiger partial charge is 0.0760 e. The van der Waals surface area contributed by atoms with Gasteiger partial charge in [-0.05, 0) is 52.4 Å². The maximum atomic E-state index is 5.75. The molecule has 0 aromatic carbocycles. The molecule has 0 radical (unpaired) electrons. The van der Waals surface area contributed by atoms with Crippen molar-refractivity contribution in [2.45, 2.75) is 59.5 Å². The minimum absolute atomic E-state index is 0.371. The van der Waals surface area contributed by atoms with Crippen LogP contribution >= 0.6 is 0 Å². The van der Waals surface area contributed by atoms with E-state index >= 15 is 0 Å². The van der Waals surface area contributed by atoms with Crippen LogP contribution in [0.25, 0.3) is 0 Å². The van der Waals surface area contributed by atoms with Gasteiger partial charge in [-0.1, -0.05) is 30.2 Å². The first kappa shape index (κ1) is 13.5. The zero-order chi connectivity index (χ0) is 12.0. The van der Waals surface area contributed by atoms with Crippen LogP contribution in [0, 0.1) is 5.92 Å². The highest BCUT2D eigenvalue weighted by molar-refractivity contribution is 5.05. The fraction of sp³-hybridized carbons (Fsp3) is 0.733. The second-order valence-corrected chi connectivity index (χ2v) is 5.37. The third-order valence-electron chi connectivity index (χ3n) is 3.14. The molecule has 0 aromatic rings. The fourth-order valence-corrected chi connectivity index (χ4v) is 2.11. The Hall–Kier alpha value is -0.560. The highest BCUT2D eigenvalue weighted by Crippen LogP contribution is 2.21. The van der Waals surface area contributed by atoms with Gasteiger partial charge in [-0.3, -0.25) is 0 Å². The predicted octanol–water partition coefficient (Wildman–Crippen LogP) is 4.49. The molecule has 0 aromatic heterocycles. The molecule has 0 unspecified atom stereocenters. The highest BCUT2D eigenvalue weighted by Gasteiger charge is 2.17. The molecule has 1 heterocycles. The summed E-state index contributed by atoms with van der Waals surface area (Å²) in [6, 6.07) is 0. The predicted molar refractivity (Wildman–Crippen MR) is 70.6 cm³/mol. The van der Waals surface area contributed by atoms with Crippen LogP contribution in [0.1, 0.15) is 53.4 Å². The van der Waals surface area contributed by atoms with E-state index in [1.165, 1.54) is 30.4 Å². The quantitative estimate of drug-likeness (QED) is 0.637. The Labute approximate surface area is 101 Å². The number of rotatable bonds is 4. The lowest BCUT2D eigenvalue weighted by Crippen LogP contribution is -2.22. The number of allylic oxidation sites excluding steroid dienone is 3. The summed E-state index contributed by atoms with van der Waals surface area (Å²) in [5.74, 6) is 0.820. The molecule has 1 rings (SSSR count). The molecule has 0 N–H and O–H groups in total. The standard InChI is InChI=1S/C15H26O/c1-12(2)6-5-7-13(3)10-15-11-14(4)8-9-16-15/h6,10,14-15H,5,7-9,11H2,1-4H3/b13-10+/t14-,15+/m0/s1. The molecule has 0 aliphatic carbocycles. The van der Waals surface area contributed by atoms with Crippen LogP contribution in [0.2, 0.25) is 0 Å². The van der Waals surface area contributed by atoms with E-state index < -0.39 is 0 Å². The molecule has 0 amide bonds. The summed E-state index contributed by atoms with van der Waals surface area (Å²) in [7, 11) is 0. The van der Waals surface area contributed by atoms with Gasteiger partial charge >= 0.3 is 0 Å². The number of ether oxygens (including phenoxy) is 1. The summed E-state index contributed by atoms with van der Waals surface area (Å²) < 4.78 is 5.75. The van der Waals surface area contributed by atoms with E-state index in [0.717, 1.165) is 18.9 Å². The topological polar surface area (TPSA) is 9.23 Å². The first-order chi connectivity index (χ1) is 7.58. The molecule has 1 aliphatic rings. The van der Waals surface area contributed by atoms with Crippen LogP contribution in [0.4, 0.5) is 0 Å². The van der Waals surface area contributed by atoms with Crippen molar-refractivity contribution < 1.29 is 4.74 Å². The van der Waals surface area contributed by atoms with Gasteiger partial charge in [0.1, 0.15) is 0 Å². The zero-order valence-electron chi connectivity index (χ0n) is 11.3. The first-order valence-corrected chi connectivity index (χ1v) is 6.50. The summed E-state index contributed by atoms with van der Waals surface area (Å²) in [5, 5.41) is 0. The lowest BCUT2D eigenvalue weighted by atomic mass is 9.96. The molecular formula is C15H26O. The largest absolute Gasteiger partial charge is 0.374 e. The summed E-state index contributed by atoms with van der Waals surface area (Å²) in [4.78, 5) is 0. The monoisotopic (exact) mass is 222 g/mol. The van der Waals surface area contributed by atoms with Crippen molar-refractivity contribution in [3.63, 3.8) is 0 Å². The van der Waals surface area contributed by atoms with Crippen molar-refractivity contribution in [1.82, 2.24) is 0 Å². The van der Waals surface area contributed by atoms with Gasteiger partial charge in [0.25, 0.3) is 0 Å². The zero-order valence-corrected chi connectivity index (χ0v) is 11.3. The third kappa shape index (κ3) is 5.50. The molecule has 92 valence electrons. The molecule has 2 atom stereocenters. The Kier molecular flexibility index (Phi) is 5.83. The van der Waals surface area contributed by atoms with Gasteiger partial charge in [-0.25, -0.2) is 0 Å². The summed E-state index contributed by atoms with van der Waals surface area (Å²) in [6.45, 7) is 9.79. The van der Waals surface area contributed by atoms with Crippen molar-refractivity contribution in [2.75, 3.05) is 6.61 Å². The lowest BCUT2D eigenvalue weighted by Gasteiger charge is -2.25. The van der Waals surface area contributed by atoms with Crippen molar-refractivity contribution in [3.8, 4) is 0 Å². The maximum Gasteiger partial charge on any atom is 0.0760 e. The van der Waals surface area contributed by atoms with Crippen molar-refractivity contribution >= 4 is 0 Å². The van der Waals surface area contributed by atoms with Crippen LogP contribution in [0.5, 0.6) is 0 Å². The molecule has 16 heavy (non-hydrogen) atoms. The molecule has 1 aliphatic heterocycles. The Morgan fingerprint density at radius 2 is 2.06 bits per heavy atom. The van der Waals surface area contributed by atoms with E-state index in [2.05, 4.69) is 39.8 Å². The molecular weight excluding hydrogens is 196 g/mol. The number of hydrogen-bond acceptors (Lipinski definition) is 1. The summed E-state index contributed by atoms with van der Waals surface area (Å²) >= 11 is 0. The Balaban J connectivity index is 2.34. The van der Waals surface area contributed by atoms with Crippen LogP contribution in [0.15, 0.2) is 23.3 Å². The van der Waals surface area contributed by atoms with Gasteiger partial charge in [-0.15, -0.1) is 0 Å². The van der Waals surface area contributed by atoms with Crippen molar-refractivity contribution in [2.24, 2.45) is 5.92 Å². The van der Waals surface area contributed by atoms with E-state index in [0.29, 0.717) is 6.10 Å². The number of hydrogen-bond donors (Lipinski definition) is 0. The van der Waals surface area contributed by atoms with E-state index in [9.17, 15) is 0 Å². The van der Waals surface area contributed by atoms with Gasteiger partial charge in [0.2, 0.25) is 0 Å². The average Bonchev–Trinajstić information content (AvgIpc) is 2.16. The minimum Gasteiger partial charge on any atom is -0.374 e. The Morgan fingerprint density at radius 1 is 1.31 bits per heavy atom. The van der Waals surface area contributed by atoms with Crippen LogP contribution < -0.4 is 0 Å². The average molecular weight is 222 g/mol. The SMILES string of the molecule is CC(C)=CCC/C(C)=C/[C@@H]1C[C@@H](C)CCO1. The summed E-state index contributed by atoms with van der Waals surface area (Å²) in [5.41, 5.74) is 2.88. The van der Waals surface area contributed by atoms with E-state index in [1.54, 1.807) is 0 Å². The maximum absolute atomic E-state index is 5.75. The fourth-order valence-electron chi connectivity index (χ4n) is 2.11. The molecule has 1 nitrogen and oxygen atoms in total. The lowest BCUT2D eigenvalue weighted by molar-refractivity contribution is 0.0234. The van der Waals surface area contributed by atoms with Crippen molar-refractivity contribution in [3.05, 3.63) is 23.3 Å². The van der Waals surface area contributed by atoms with Crippen LogP contribution in [0.3, 0.4) is 0 Å². The van der Waals surface area contributed by atoms with Crippen LogP contribution in [-0.4, -0.2) is 12.7 Å². The van der Waals surface area contributed by atoms with Gasteiger partial charge in [-0.2, -0.15) is 0 Å². The van der Waals surface area contributed by atoms with Crippen LogP contribution in [-0.2, 0) is 4.74 Å². The van der Waals surface area contributed by atoms with E-state index in [1.807, 2.05) is 0 Å². The first-order valence-electron chi connectivity index (χ1n) is 6.50. The second-order valence-electron chi connectivity index (χ2n) is 5.37. The molecule has 1 fully saturated rings. The Morgan fingerprint density at radius 3 is 2.69 bits per heavy atom. The second kappa shape index (κ2) is 6.90. The molecule has 1 heteroatoms. The Bertz CT molecular complexity index is 259. The third-order valence-corrected chi connectivity index (χ3v) is 3.14. The molecule has 1 saturated heterocycles. The molecule has 0 spiro atoms. The van der Waals surface area contributed by atoms with E-state index in [-0.39, 0.29) is 0 Å². The van der Waals surface area contributed by atoms with Gasteiger partial charge in [0.15, 0.2) is 0 Å². The van der Waals surface area contributed by atoms with Crippen molar-refractivity contribution in [1.29, 1.82) is 0 Å². The van der Waals surface area contributed by atoms with E-state index in [4.69, 9.17) is 4.74 Å². The molecule has 0 bridgehead atoms. The highest BCUT2D eigenvalue weighted by atomic mass is 16.5. The van der Waals surface area contributed by atoms with Gasteiger partial charge in [0.05, 0.1) is 6.10 Å². The molecule has 0 saturated carbocycles. The van der Waals surface area contributed by atoms with Gasteiger partial charge < -0.3 is 4.74 Å².